The molecule has 4 nitrogen and oxygen atoms in total. The lowest BCUT2D eigenvalue weighted by Crippen LogP contribution is -2.47. The van der Waals surface area contributed by atoms with Gasteiger partial charge in [0.25, 0.3) is 5.91 Å². The maximum atomic E-state index is 12.5. The Morgan fingerprint density at radius 1 is 1.36 bits per heavy atom. The zero-order valence-corrected chi connectivity index (χ0v) is 18.3. The highest BCUT2D eigenvalue weighted by atomic mass is 79.9. The predicted octanol–water partition coefficient (Wildman–Crippen LogP) is 4.75. The van der Waals surface area contributed by atoms with Gasteiger partial charge in [-0.15, -0.1) is 17.7 Å². The molecule has 0 fully saturated rings. The molecule has 0 aliphatic rings. The highest BCUT2D eigenvalue weighted by molar-refractivity contribution is 9.11. The monoisotopic (exact) mass is 484 g/mol. The molecular formula is C18H18Br2N2O2S. The highest BCUT2D eigenvalue weighted by Crippen LogP contribution is 2.32. The lowest BCUT2D eigenvalue weighted by molar-refractivity contribution is -0.125. The van der Waals surface area contributed by atoms with Crippen molar-refractivity contribution in [2.75, 3.05) is 6.26 Å². The Kier molecular flexibility index (Phi) is 6.78. The SMILES string of the molecule is CC#CC(C)(C)NC(=O)C(Oc1nc2c(Br)cccc2cc1Br)SC. The molecule has 0 bridgehead atoms. The second-order valence-corrected chi connectivity index (χ2v) is 8.37. The van der Waals surface area contributed by atoms with Crippen LogP contribution in [0.3, 0.4) is 0 Å². The van der Waals surface area contributed by atoms with Gasteiger partial charge in [-0.05, 0) is 71.0 Å². The van der Waals surface area contributed by atoms with Crippen LogP contribution in [0.15, 0.2) is 33.2 Å². The smallest absolute Gasteiger partial charge is 0.272 e. The summed E-state index contributed by atoms with van der Waals surface area (Å²) in [5.74, 6) is 5.90. The van der Waals surface area contributed by atoms with Gasteiger partial charge in [0.2, 0.25) is 11.3 Å². The molecule has 2 aromatic rings. The molecule has 132 valence electrons. The summed E-state index contributed by atoms with van der Waals surface area (Å²) in [6, 6.07) is 7.74. The van der Waals surface area contributed by atoms with Gasteiger partial charge in [0, 0.05) is 9.86 Å². The summed E-state index contributed by atoms with van der Waals surface area (Å²) in [6.07, 6.45) is 1.81. The van der Waals surface area contributed by atoms with Crippen LogP contribution in [0.25, 0.3) is 10.9 Å². The minimum Gasteiger partial charge on any atom is -0.452 e. The lowest BCUT2D eigenvalue weighted by Gasteiger charge is -2.24. The first-order valence-corrected chi connectivity index (χ1v) is 10.3. The first kappa shape index (κ1) is 20.1. The largest absolute Gasteiger partial charge is 0.452 e. The van der Waals surface area contributed by atoms with Gasteiger partial charge in [-0.1, -0.05) is 18.1 Å². The molecule has 1 heterocycles. The third kappa shape index (κ3) is 5.13. The maximum Gasteiger partial charge on any atom is 0.272 e. The number of pyridine rings is 1. The van der Waals surface area contributed by atoms with Gasteiger partial charge in [0.15, 0.2) is 0 Å². The molecule has 0 aliphatic heterocycles. The van der Waals surface area contributed by atoms with Crippen LogP contribution in [0.1, 0.15) is 20.8 Å². The molecule has 7 heteroatoms. The molecule has 0 aliphatic carbocycles. The average Bonchev–Trinajstić information content (AvgIpc) is 2.52. The minimum atomic E-state index is -0.735. The van der Waals surface area contributed by atoms with Crippen molar-refractivity contribution in [2.24, 2.45) is 0 Å². The molecule has 1 amide bonds. The molecular weight excluding hydrogens is 468 g/mol. The van der Waals surface area contributed by atoms with E-state index in [0.29, 0.717) is 10.4 Å². The number of hydrogen-bond donors (Lipinski definition) is 1. The minimum absolute atomic E-state index is 0.249. The van der Waals surface area contributed by atoms with Crippen LogP contribution in [-0.2, 0) is 4.79 Å². The molecule has 1 atom stereocenters. The summed E-state index contributed by atoms with van der Waals surface area (Å²) in [5.41, 5.74) is -0.583. The van der Waals surface area contributed by atoms with E-state index in [1.165, 1.54) is 11.8 Å². The Bertz CT molecular complexity index is 859. The number of halogens is 2. The molecule has 1 N–H and O–H groups in total. The number of aromatic nitrogens is 1. The Morgan fingerprint density at radius 2 is 2.08 bits per heavy atom. The predicted molar refractivity (Wildman–Crippen MR) is 111 cm³/mol. The first-order valence-electron chi connectivity index (χ1n) is 7.47. The van der Waals surface area contributed by atoms with E-state index in [9.17, 15) is 4.79 Å². The fraction of sp³-hybridized carbons (Fsp3) is 0.333. The number of carbonyl (C=O) groups excluding carboxylic acids is 1. The molecule has 0 spiro atoms. The number of nitrogens with one attached hydrogen (secondary N) is 1. The molecule has 0 radical (unpaired) electrons. The Labute approximate surface area is 168 Å². The van der Waals surface area contributed by atoms with E-state index in [4.69, 9.17) is 4.74 Å². The van der Waals surface area contributed by atoms with E-state index < -0.39 is 11.0 Å². The fourth-order valence-electron chi connectivity index (χ4n) is 2.22. The lowest BCUT2D eigenvalue weighted by atomic mass is 10.1. The third-order valence-electron chi connectivity index (χ3n) is 3.24. The summed E-state index contributed by atoms with van der Waals surface area (Å²) >= 11 is 8.26. The Hall–Kier alpha value is -1.23. The maximum absolute atomic E-state index is 12.5. The number of benzene rings is 1. The van der Waals surface area contributed by atoms with Crippen LogP contribution in [0, 0.1) is 11.8 Å². The van der Waals surface area contributed by atoms with E-state index in [1.807, 2.05) is 44.4 Å². The molecule has 1 unspecified atom stereocenters. The normalized spacial score (nSPS) is 12.2. The third-order valence-corrected chi connectivity index (χ3v) is 5.18. The van der Waals surface area contributed by atoms with Crippen molar-refractivity contribution in [1.29, 1.82) is 0 Å². The summed E-state index contributed by atoms with van der Waals surface area (Å²) in [5, 5.41) is 3.86. The average molecular weight is 486 g/mol. The van der Waals surface area contributed by atoms with Crippen molar-refractivity contribution in [3.05, 3.63) is 33.2 Å². The van der Waals surface area contributed by atoms with Crippen LogP contribution in [0.2, 0.25) is 0 Å². The van der Waals surface area contributed by atoms with E-state index in [0.717, 1.165) is 15.4 Å². The van der Waals surface area contributed by atoms with Crippen molar-refractivity contribution in [1.82, 2.24) is 10.3 Å². The second kappa shape index (κ2) is 8.43. The van der Waals surface area contributed by atoms with Crippen molar-refractivity contribution in [3.63, 3.8) is 0 Å². The number of thioether (sulfide) groups is 1. The molecule has 0 saturated heterocycles. The van der Waals surface area contributed by atoms with E-state index in [2.05, 4.69) is 54.0 Å². The van der Waals surface area contributed by atoms with Crippen LogP contribution >= 0.6 is 43.6 Å². The zero-order chi connectivity index (χ0) is 18.6. The summed E-state index contributed by atoms with van der Waals surface area (Å²) in [6.45, 7) is 5.44. The Morgan fingerprint density at radius 3 is 2.72 bits per heavy atom. The van der Waals surface area contributed by atoms with Crippen molar-refractivity contribution < 1.29 is 9.53 Å². The zero-order valence-electron chi connectivity index (χ0n) is 14.3. The van der Waals surface area contributed by atoms with E-state index >= 15 is 0 Å². The number of nitrogens with zero attached hydrogens (tertiary/aromatic N) is 1. The van der Waals surface area contributed by atoms with Gasteiger partial charge in [-0.25, -0.2) is 4.98 Å². The number of ether oxygens (including phenoxy) is 1. The van der Waals surface area contributed by atoms with Gasteiger partial charge >= 0.3 is 0 Å². The van der Waals surface area contributed by atoms with E-state index in [-0.39, 0.29) is 5.91 Å². The first-order chi connectivity index (χ1) is 11.8. The van der Waals surface area contributed by atoms with Gasteiger partial charge in [0.05, 0.1) is 15.5 Å². The van der Waals surface area contributed by atoms with Crippen LogP contribution < -0.4 is 10.1 Å². The Balaban J connectivity index is 2.27. The number of amides is 1. The molecule has 0 saturated carbocycles. The molecule has 1 aromatic heterocycles. The molecule has 1 aromatic carbocycles. The number of para-hydroxylation sites is 1. The standard InChI is InChI=1S/C18H18Br2N2O2S/c1-5-9-18(2,3)22-15(23)17(25-4)24-16-13(20)10-11-7-6-8-12(19)14(11)21-16/h6-8,10,17H,1-4H3,(H,22,23). The highest BCUT2D eigenvalue weighted by Gasteiger charge is 2.26. The fourth-order valence-corrected chi connectivity index (χ4v) is 3.58. The van der Waals surface area contributed by atoms with Gasteiger partial charge in [-0.3, -0.25) is 4.79 Å². The van der Waals surface area contributed by atoms with Crippen LogP contribution in [0.5, 0.6) is 5.88 Å². The van der Waals surface area contributed by atoms with Crippen molar-refractivity contribution >= 4 is 60.4 Å². The van der Waals surface area contributed by atoms with Crippen LogP contribution in [0.4, 0.5) is 0 Å². The van der Waals surface area contributed by atoms with Gasteiger partial charge in [-0.2, -0.15) is 0 Å². The number of fused-ring (bicyclic) bond motifs is 1. The number of hydrogen-bond acceptors (Lipinski definition) is 4. The summed E-state index contributed by atoms with van der Waals surface area (Å²) in [4.78, 5) is 17.1. The second-order valence-electron chi connectivity index (χ2n) is 5.76. The number of carbonyl (C=O) groups is 1. The van der Waals surface area contributed by atoms with Crippen molar-refractivity contribution in [3.8, 4) is 17.7 Å². The topological polar surface area (TPSA) is 51.2 Å². The number of rotatable bonds is 5. The van der Waals surface area contributed by atoms with E-state index in [1.54, 1.807) is 6.92 Å². The van der Waals surface area contributed by atoms with Gasteiger partial charge in [0.1, 0.15) is 0 Å². The molecule has 25 heavy (non-hydrogen) atoms. The van der Waals surface area contributed by atoms with Crippen molar-refractivity contribution in [2.45, 2.75) is 31.7 Å². The molecule has 2 rings (SSSR count). The summed E-state index contributed by atoms with van der Waals surface area (Å²) in [7, 11) is 0. The quantitative estimate of drug-likeness (QED) is 0.490. The van der Waals surface area contributed by atoms with Gasteiger partial charge < -0.3 is 10.1 Å². The summed E-state index contributed by atoms with van der Waals surface area (Å²) < 4.78 is 7.43. The van der Waals surface area contributed by atoms with Crippen LogP contribution in [-0.4, -0.2) is 28.1 Å².